The van der Waals surface area contributed by atoms with Crippen molar-refractivity contribution >= 4 is 11.8 Å². The first-order valence-electron chi connectivity index (χ1n) is 9.60. The van der Waals surface area contributed by atoms with Crippen LogP contribution in [-0.2, 0) is 4.79 Å². The largest absolute Gasteiger partial charge is 0.472 e. The highest BCUT2D eigenvalue weighted by Gasteiger charge is 2.64. The number of hydrogen-bond donors (Lipinski definition) is 0. The average Bonchev–Trinajstić information content (AvgIpc) is 3.32. The van der Waals surface area contributed by atoms with Gasteiger partial charge >= 0.3 is 0 Å². The van der Waals surface area contributed by atoms with Gasteiger partial charge in [-0.25, -0.2) is 0 Å². The molecule has 1 aromatic rings. The predicted molar refractivity (Wildman–Crippen MR) is 97.6 cm³/mol. The normalized spacial score (nSPS) is 30.6. The van der Waals surface area contributed by atoms with Crippen LogP contribution in [0.5, 0.6) is 0 Å². The number of piperidine rings is 1. The fourth-order valence-electron chi connectivity index (χ4n) is 5.91. The molecule has 1 aliphatic carbocycles. The Bertz CT molecular complexity index is 691. The van der Waals surface area contributed by atoms with Crippen LogP contribution < -0.4 is 0 Å². The van der Waals surface area contributed by atoms with Gasteiger partial charge < -0.3 is 19.1 Å². The Kier molecular flexibility index (Phi) is 4.14. The highest BCUT2D eigenvalue weighted by molar-refractivity contribution is 5.93. The van der Waals surface area contributed by atoms with E-state index in [0.717, 1.165) is 51.9 Å². The van der Waals surface area contributed by atoms with Gasteiger partial charge in [0.25, 0.3) is 5.91 Å². The molecule has 2 amide bonds. The number of furan rings is 1. The smallest absolute Gasteiger partial charge is 0.257 e. The van der Waals surface area contributed by atoms with Crippen LogP contribution in [0, 0.1) is 16.7 Å². The summed E-state index contributed by atoms with van der Waals surface area (Å²) in [6.45, 7) is 3.41. The molecule has 26 heavy (non-hydrogen) atoms. The van der Waals surface area contributed by atoms with E-state index in [0.29, 0.717) is 17.4 Å². The van der Waals surface area contributed by atoms with Gasteiger partial charge in [-0.15, -0.1) is 0 Å². The summed E-state index contributed by atoms with van der Waals surface area (Å²) in [5.41, 5.74) is 0.601. The van der Waals surface area contributed by atoms with Crippen molar-refractivity contribution in [1.82, 2.24) is 14.7 Å². The Morgan fingerprint density at radius 1 is 1.19 bits per heavy atom. The molecule has 2 saturated heterocycles. The maximum Gasteiger partial charge on any atom is 0.257 e. The second-order valence-electron chi connectivity index (χ2n) is 8.77. The Labute approximate surface area is 155 Å². The molecule has 142 valence electrons. The molecule has 0 N–H and O–H groups in total. The summed E-state index contributed by atoms with van der Waals surface area (Å²) in [7, 11) is 5.89. The molecule has 2 atom stereocenters. The maximum absolute atomic E-state index is 13.1. The molecule has 0 radical (unpaired) electrons. The molecule has 0 aromatic carbocycles. The van der Waals surface area contributed by atoms with Gasteiger partial charge in [-0.05, 0) is 50.1 Å². The van der Waals surface area contributed by atoms with Crippen LogP contribution in [-0.4, -0.2) is 73.8 Å². The summed E-state index contributed by atoms with van der Waals surface area (Å²) in [5.74, 6) is 0.757. The van der Waals surface area contributed by atoms with Crippen molar-refractivity contribution in [2.24, 2.45) is 16.7 Å². The van der Waals surface area contributed by atoms with E-state index in [1.807, 2.05) is 19.0 Å². The van der Waals surface area contributed by atoms with E-state index in [1.54, 1.807) is 17.2 Å². The molecule has 1 saturated carbocycles. The van der Waals surface area contributed by atoms with Gasteiger partial charge in [-0.1, -0.05) is 0 Å². The lowest BCUT2D eigenvalue weighted by Gasteiger charge is -2.44. The molecule has 3 fully saturated rings. The number of hydrogen-bond acceptors (Lipinski definition) is 4. The molecule has 6 nitrogen and oxygen atoms in total. The number of likely N-dealkylation sites (tertiary alicyclic amines) is 2. The van der Waals surface area contributed by atoms with Crippen molar-refractivity contribution in [3.63, 3.8) is 0 Å². The van der Waals surface area contributed by atoms with Crippen LogP contribution in [0.2, 0.25) is 0 Å². The van der Waals surface area contributed by atoms with Crippen LogP contribution in [0.4, 0.5) is 0 Å². The highest BCUT2D eigenvalue weighted by atomic mass is 16.3. The summed E-state index contributed by atoms with van der Waals surface area (Å²) in [4.78, 5) is 31.7. The van der Waals surface area contributed by atoms with Crippen LogP contribution in [0.3, 0.4) is 0 Å². The number of carbonyl (C=O) groups excluding carboxylic acids is 2. The molecule has 1 aromatic heterocycles. The standard InChI is InChI=1S/C20H29N3O3/c1-21(2)18(25)20-6-5-19(16(20)12-22(3)14-20)7-9-23(10-8-19)17(24)15-4-11-26-13-15/h4,11,13,16H,5-10,12,14H2,1-3H3/t16-,20+/m1/s1. The number of fused-ring (bicyclic) bond motifs is 2. The first kappa shape index (κ1) is 17.6. The number of rotatable bonds is 2. The molecule has 1 spiro atoms. The average molecular weight is 359 g/mol. The maximum atomic E-state index is 13.1. The van der Waals surface area contributed by atoms with Crippen molar-refractivity contribution in [3.05, 3.63) is 24.2 Å². The summed E-state index contributed by atoms with van der Waals surface area (Å²) in [6.07, 6.45) is 7.16. The van der Waals surface area contributed by atoms with Gasteiger partial charge in [0.1, 0.15) is 6.26 Å². The van der Waals surface area contributed by atoms with Gasteiger partial charge in [0, 0.05) is 40.3 Å². The highest BCUT2D eigenvalue weighted by Crippen LogP contribution is 2.62. The van der Waals surface area contributed by atoms with E-state index in [-0.39, 0.29) is 16.7 Å². The molecular formula is C20H29N3O3. The topological polar surface area (TPSA) is 57.0 Å². The molecule has 0 unspecified atom stereocenters. The molecule has 0 bridgehead atoms. The van der Waals surface area contributed by atoms with E-state index in [1.165, 1.54) is 6.26 Å². The zero-order valence-corrected chi connectivity index (χ0v) is 16.0. The summed E-state index contributed by atoms with van der Waals surface area (Å²) < 4.78 is 5.06. The van der Waals surface area contributed by atoms with Gasteiger partial charge in [0.05, 0.1) is 17.2 Å². The van der Waals surface area contributed by atoms with Crippen molar-refractivity contribution in [2.45, 2.75) is 25.7 Å². The van der Waals surface area contributed by atoms with E-state index >= 15 is 0 Å². The molecule has 4 rings (SSSR count). The summed E-state index contributed by atoms with van der Waals surface area (Å²) in [6, 6.07) is 1.73. The third-order valence-electron chi connectivity index (χ3n) is 7.17. The molecule has 3 heterocycles. The van der Waals surface area contributed by atoms with E-state index in [9.17, 15) is 9.59 Å². The van der Waals surface area contributed by atoms with E-state index in [4.69, 9.17) is 4.42 Å². The van der Waals surface area contributed by atoms with Crippen molar-refractivity contribution in [1.29, 1.82) is 0 Å². The number of carbonyl (C=O) groups is 2. The quantitative estimate of drug-likeness (QED) is 0.810. The monoisotopic (exact) mass is 359 g/mol. The second-order valence-corrected chi connectivity index (χ2v) is 8.77. The summed E-state index contributed by atoms with van der Waals surface area (Å²) in [5, 5.41) is 0. The van der Waals surface area contributed by atoms with E-state index in [2.05, 4.69) is 11.9 Å². The SMILES string of the molecule is CN1C[C@@H]2C3(CCN(C(=O)c4ccoc4)CC3)CC[C@]2(C(=O)N(C)C)C1. The van der Waals surface area contributed by atoms with Crippen LogP contribution in [0.1, 0.15) is 36.0 Å². The lowest BCUT2D eigenvalue weighted by molar-refractivity contribution is -0.141. The lowest BCUT2D eigenvalue weighted by Crippen LogP contribution is -2.49. The molecule has 3 aliphatic rings. The van der Waals surface area contributed by atoms with Crippen LogP contribution in [0.25, 0.3) is 0 Å². The molecular weight excluding hydrogens is 330 g/mol. The van der Waals surface area contributed by atoms with Gasteiger partial charge in [0.15, 0.2) is 0 Å². The fourth-order valence-corrected chi connectivity index (χ4v) is 5.91. The van der Waals surface area contributed by atoms with Gasteiger partial charge in [0.2, 0.25) is 5.91 Å². The fraction of sp³-hybridized carbons (Fsp3) is 0.700. The predicted octanol–water partition coefficient (Wildman–Crippen LogP) is 1.93. The van der Waals surface area contributed by atoms with Gasteiger partial charge in [-0.2, -0.15) is 0 Å². The van der Waals surface area contributed by atoms with Gasteiger partial charge in [-0.3, -0.25) is 9.59 Å². The Morgan fingerprint density at radius 3 is 2.54 bits per heavy atom. The third-order valence-corrected chi connectivity index (χ3v) is 7.17. The zero-order chi connectivity index (χ0) is 18.5. The summed E-state index contributed by atoms with van der Waals surface area (Å²) >= 11 is 0. The lowest BCUT2D eigenvalue weighted by atomic mass is 9.65. The first-order valence-corrected chi connectivity index (χ1v) is 9.60. The minimum Gasteiger partial charge on any atom is -0.472 e. The van der Waals surface area contributed by atoms with Crippen molar-refractivity contribution < 1.29 is 14.0 Å². The van der Waals surface area contributed by atoms with Crippen molar-refractivity contribution in [3.8, 4) is 0 Å². The molecule has 6 heteroatoms. The van der Waals surface area contributed by atoms with Crippen LogP contribution >= 0.6 is 0 Å². The minimum absolute atomic E-state index is 0.0609. The number of amides is 2. The Hall–Kier alpha value is -1.82. The number of nitrogens with zero attached hydrogens (tertiary/aromatic N) is 3. The molecule has 2 aliphatic heterocycles. The second kappa shape index (κ2) is 6.12. The first-order chi connectivity index (χ1) is 12.4. The van der Waals surface area contributed by atoms with E-state index < -0.39 is 0 Å². The Balaban J connectivity index is 1.52. The third kappa shape index (κ3) is 2.49. The van der Waals surface area contributed by atoms with Crippen molar-refractivity contribution in [2.75, 3.05) is 47.3 Å². The Morgan fingerprint density at radius 2 is 1.92 bits per heavy atom. The minimum atomic E-state index is -0.227. The zero-order valence-electron chi connectivity index (χ0n) is 16.0. The van der Waals surface area contributed by atoms with Crippen LogP contribution in [0.15, 0.2) is 23.0 Å².